The molecule has 3 aromatic carbocycles. The van der Waals surface area contributed by atoms with E-state index in [0.717, 1.165) is 5.69 Å². The van der Waals surface area contributed by atoms with Gasteiger partial charge in [0.15, 0.2) is 17.3 Å². The number of benzene rings is 3. The van der Waals surface area contributed by atoms with Crippen molar-refractivity contribution in [2.75, 3.05) is 36.5 Å². The average molecular weight is 498 g/mol. The molecule has 2 fully saturated rings. The molecule has 3 heterocycles. The van der Waals surface area contributed by atoms with Crippen LogP contribution in [0.5, 0.6) is 0 Å². The summed E-state index contributed by atoms with van der Waals surface area (Å²) in [6, 6.07) is 15.8. The second kappa shape index (κ2) is 8.16. The van der Waals surface area contributed by atoms with Gasteiger partial charge in [0.25, 0.3) is 0 Å². The van der Waals surface area contributed by atoms with Crippen molar-refractivity contribution in [3.8, 4) is 11.3 Å². The van der Waals surface area contributed by atoms with Gasteiger partial charge < -0.3 is 29.3 Å². The van der Waals surface area contributed by atoms with Crippen LogP contribution in [0.1, 0.15) is 39.1 Å². The number of aromatic nitrogens is 1. The molecule has 0 atom stereocenters. The minimum atomic E-state index is -1.06. The molecule has 0 unspecified atom stereocenters. The summed E-state index contributed by atoms with van der Waals surface area (Å²) in [6.07, 6.45) is 1.40. The van der Waals surface area contributed by atoms with Crippen LogP contribution in [0, 0.1) is 0 Å². The smallest absolute Gasteiger partial charge is 0.337 e. The number of fused-ring (bicyclic) bond motifs is 2. The largest absolute Gasteiger partial charge is 0.478 e. The maximum Gasteiger partial charge on any atom is 0.337 e. The van der Waals surface area contributed by atoms with Crippen LogP contribution in [0.25, 0.3) is 22.2 Å². The van der Waals surface area contributed by atoms with E-state index < -0.39 is 11.8 Å². The third-order valence-electron chi connectivity index (χ3n) is 7.48. The van der Waals surface area contributed by atoms with Gasteiger partial charge in [0.1, 0.15) is 5.52 Å². The summed E-state index contributed by atoms with van der Waals surface area (Å²) in [7, 11) is 0. The molecule has 9 heteroatoms. The van der Waals surface area contributed by atoms with E-state index in [9.17, 15) is 14.7 Å². The van der Waals surface area contributed by atoms with Gasteiger partial charge in [0.2, 0.25) is 0 Å². The van der Waals surface area contributed by atoms with Crippen molar-refractivity contribution in [3.05, 3.63) is 71.3 Å². The molecule has 1 aromatic heterocycles. The molecular weight excluding hydrogens is 474 g/mol. The van der Waals surface area contributed by atoms with Crippen LogP contribution in [-0.4, -0.2) is 54.1 Å². The van der Waals surface area contributed by atoms with E-state index in [-0.39, 0.29) is 11.3 Å². The zero-order valence-electron chi connectivity index (χ0n) is 19.8. The number of hydrogen-bond acceptors (Lipinski definition) is 8. The average Bonchev–Trinajstić information content (AvgIpc) is 3.56. The maximum atomic E-state index is 13.8. The number of carboxylic acid groups (broad SMARTS) is 1. The first-order valence-corrected chi connectivity index (χ1v) is 12.3. The van der Waals surface area contributed by atoms with E-state index in [1.807, 2.05) is 24.3 Å². The highest BCUT2D eigenvalue weighted by Gasteiger charge is 2.41. The normalized spacial score (nSPS) is 17.8. The lowest BCUT2D eigenvalue weighted by molar-refractivity contribution is -0.169. The third-order valence-corrected chi connectivity index (χ3v) is 7.48. The lowest BCUT2D eigenvalue weighted by Crippen LogP contribution is -2.45. The Labute approximate surface area is 211 Å². The van der Waals surface area contributed by atoms with E-state index in [1.54, 1.807) is 24.3 Å². The first kappa shape index (κ1) is 22.0. The third kappa shape index (κ3) is 3.35. The van der Waals surface area contributed by atoms with Gasteiger partial charge in [-0.1, -0.05) is 41.6 Å². The topological polar surface area (TPSA) is 114 Å². The number of aromatic carboxylic acids is 1. The zero-order chi connectivity index (χ0) is 25.1. The molecule has 37 heavy (non-hydrogen) atoms. The molecule has 7 rings (SSSR count). The van der Waals surface area contributed by atoms with Crippen LogP contribution < -0.4 is 10.2 Å². The van der Waals surface area contributed by atoms with Gasteiger partial charge in [-0.25, -0.2) is 4.79 Å². The SMILES string of the molecule is O=C(O)c1ccccc1Nc1cc(N2CCC3(CC2)OCCO3)c2noc3c2c1C(=O)c1ccccc1-3. The number of carboxylic acids is 1. The van der Waals surface area contributed by atoms with Crippen molar-refractivity contribution in [1.29, 1.82) is 0 Å². The molecule has 1 aliphatic carbocycles. The summed E-state index contributed by atoms with van der Waals surface area (Å²) in [5.41, 5.74) is 4.07. The molecule has 9 nitrogen and oxygen atoms in total. The summed E-state index contributed by atoms with van der Waals surface area (Å²) >= 11 is 0. The van der Waals surface area contributed by atoms with Crippen LogP contribution in [0.4, 0.5) is 17.1 Å². The second-order valence-corrected chi connectivity index (χ2v) is 9.50. The van der Waals surface area contributed by atoms with Crippen LogP contribution in [0.15, 0.2) is 59.1 Å². The predicted octanol–water partition coefficient (Wildman–Crippen LogP) is 4.82. The number of nitrogens with one attached hydrogen (secondary N) is 1. The van der Waals surface area contributed by atoms with Crippen LogP contribution >= 0.6 is 0 Å². The van der Waals surface area contributed by atoms with Crippen molar-refractivity contribution in [3.63, 3.8) is 0 Å². The summed E-state index contributed by atoms with van der Waals surface area (Å²) in [4.78, 5) is 27.9. The second-order valence-electron chi connectivity index (χ2n) is 9.50. The molecule has 186 valence electrons. The summed E-state index contributed by atoms with van der Waals surface area (Å²) < 4.78 is 17.7. The van der Waals surface area contributed by atoms with Crippen molar-refractivity contribution in [2.24, 2.45) is 0 Å². The van der Waals surface area contributed by atoms with Crippen molar-refractivity contribution in [1.82, 2.24) is 5.16 Å². The number of nitrogens with zero attached hydrogens (tertiary/aromatic N) is 2. The molecule has 0 amide bonds. The Balaban J connectivity index is 1.40. The van der Waals surface area contributed by atoms with E-state index in [2.05, 4.69) is 15.4 Å². The monoisotopic (exact) mass is 497 g/mol. The molecule has 2 N–H and O–H groups in total. The molecule has 1 spiro atoms. The molecule has 4 aromatic rings. The predicted molar refractivity (Wildman–Crippen MR) is 136 cm³/mol. The summed E-state index contributed by atoms with van der Waals surface area (Å²) in [6.45, 7) is 2.55. The Morgan fingerprint density at radius 3 is 2.43 bits per heavy atom. The van der Waals surface area contributed by atoms with Gasteiger partial charge in [-0.15, -0.1) is 0 Å². The highest BCUT2D eigenvalue weighted by atomic mass is 16.7. The standard InChI is InChI=1S/C28H23N3O6/c32-25-16-5-1-2-6-17(16)26-23-22(25)20(29-19-8-4-3-7-18(19)27(33)34)15-21(24(23)30-37-26)31-11-9-28(10-12-31)35-13-14-36-28/h1-8,15,29H,9-14H2,(H,33,34). The first-order valence-electron chi connectivity index (χ1n) is 12.3. The molecule has 3 aliphatic rings. The Bertz CT molecular complexity index is 1580. The Morgan fingerprint density at radius 2 is 1.68 bits per heavy atom. The number of carbonyl (C=O) groups is 2. The van der Waals surface area contributed by atoms with Gasteiger partial charge in [0, 0.05) is 37.1 Å². The number of rotatable bonds is 4. The number of ketones is 1. The van der Waals surface area contributed by atoms with Crippen molar-refractivity contribution < 1.29 is 28.7 Å². The van der Waals surface area contributed by atoms with E-state index >= 15 is 0 Å². The van der Waals surface area contributed by atoms with E-state index in [0.29, 0.717) is 83.9 Å². The van der Waals surface area contributed by atoms with Gasteiger partial charge in [-0.3, -0.25) is 4.79 Å². The van der Waals surface area contributed by atoms with Gasteiger partial charge in [-0.2, -0.15) is 0 Å². The number of para-hydroxylation sites is 1. The maximum absolute atomic E-state index is 13.8. The summed E-state index contributed by atoms with van der Waals surface area (Å²) in [5.74, 6) is -1.22. The number of carbonyl (C=O) groups excluding carboxylic acids is 1. The first-order chi connectivity index (χ1) is 18.0. The number of hydrogen-bond donors (Lipinski definition) is 2. The Morgan fingerprint density at radius 1 is 0.973 bits per heavy atom. The number of ether oxygens (including phenoxy) is 2. The fourth-order valence-electron chi connectivity index (χ4n) is 5.68. The highest BCUT2D eigenvalue weighted by molar-refractivity contribution is 6.29. The minimum absolute atomic E-state index is 0.112. The molecular formula is C28H23N3O6. The van der Waals surface area contributed by atoms with E-state index in [1.165, 1.54) is 6.07 Å². The number of anilines is 3. The lowest BCUT2D eigenvalue weighted by atomic mass is 9.86. The summed E-state index contributed by atoms with van der Waals surface area (Å²) in [5, 5.41) is 18.1. The highest BCUT2D eigenvalue weighted by Crippen LogP contribution is 2.47. The van der Waals surface area contributed by atoms with E-state index in [4.69, 9.17) is 14.0 Å². The molecule has 2 saturated heterocycles. The fraction of sp³-hybridized carbons (Fsp3) is 0.250. The number of piperidine rings is 1. The molecule has 0 radical (unpaired) electrons. The van der Waals surface area contributed by atoms with Crippen LogP contribution in [0.3, 0.4) is 0 Å². The molecule has 0 bridgehead atoms. The Hall–Kier alpha value is -4.21. The zero-order valence-corrected chi connectivity index (χ0v) is 19.8. The lowest BCUT2D eigenvalue weighted by Gasteiger charge is -2.39. The van der Waals surface area contributed by atoms with Crippen LogP contribution in [0.2, 0.25) is 0 Å². The molecule has 0 saturated carbocycles. The van der Waals surface area contributed by atoms with Gasteiger partial charge >= 0.3 is 5.97 Å². The minimum Gasteiger partial charge on any atom is -0.478 e. The fourth-order valence-corrected chi connectivity index (χ4v) is 5.68. The van der Waals surface area contributed by atoms with Crippen LogP contribution in [-0.2, 0) is 9.47 Å². The Kier molecular flexibility index (Phi) is 4.85. The van der Waals surface area contributed by atoms with Gasteiger partial charge in [-0.05, 0) is 18.2 Å². The quantitative estimate of drug-likeness (QED) is 0.360. The van der Waals surface area contributed by atoms with Gasteiger partial charge in [0.05, 0.1) is 46.8 Å². The molecule has 2 aliphatic heterocycles. The van der Waals surface area contributed by atoms with Crippen molar-refractivity contribution >= 4 is 39.7 Å². The van der Waals surface area contributed by atoms with Crippen molar-refractivity contribution in [2.45, 2.75) is 18.6 Å².